The lowest BCUT2D eigenvalue weighted by Gasteiger charge is -2.16. The van der Waals surface area contributed by atoms with Crippen molar-refractivity contribution < 1.29 is 14.3 Å². The molecular formula is C24H26ClN3O3. The summed E-state index contributed by atoms with van der Waals surface area (Å²) in [5.74, 6) is 1.98. The molecule has 1 aromatic heterocycles. The number of methoxy groups -OCH3 is 1. The van der Waals surface area contributed by atoms with E-state index in [-0.39, 0.29) is 11.8 Å². The average molecular weight is 440 g/mol. The van der Waals surface area contributed by atoms with E-state index in [2.05, 4.69) is 10.2 Å². The zero-order valence-corrected chi connectivity index (χ0v) is 18.5. The number of likely N-dealkylation sites (tertiary alicyclic amines) is 1. The molecule has 1 atom stereocenters. The summed E-state index contributed by atoms with van der Waals surface area (Å²) < 4.78 is 11.1. The molecule has 1 amide bonds. The summed E-state index contributed by atoms with van der Waals surface area (Å²) >= 11 is 5.90. The van der Waals surface area contributed by atoms with Gasteiger partial charge in [0.25, 0.3) is 0 Å². The molecule has 3 aromatic rings. The van der Waals surface area contributed by atoms with Gasteiger partial charge in [-0.2, -0.15) is 5.10 Å². The average Bonchev–Trinajstić information content (AvgIpc) is 3.43. The van der Waals surface area contributed by atoms with Crippen molar-refractivity contribution in [3.8, 4) is 11.5 Å². The summed E-state index contributed by atoms with van der Waals surface area (Å²) in [4.78, 5) is 14.7. The Balaban J connectivity index is 1.30. The van der Waals surface area contributed by atoms with Crippen LogP contribution in [0.3, 0.4) is 0 Å². The highest BCUT2D eigenvalue weighted by molar-refractivity contribution is 6.30. The Kier molecular flexibility index (Phi) is 6.47. The van der Waals surface area contributed by atoms with Crippen LogP contribution in [0.25, 0.3) is 0 Å². The molecule has 31 heavy (non-hydrogen) atoms. The lowest BCUT2D eigenvalue weighted by atomic mass is 10.0. The lowest BCUT2D eigenvalue weighted by Crippen LogP contribution is -2.29. The highest BCUT2D eigenvalue weighted by Crippen LogP contribution is 2.27. The zero-order valence-electron chi connectivity index (χ0n) is 17.7. The number of hydrogen-bond acceptors (Lipinski definition) is 4. The van der Waals surface area contributed by atoms with Crippen molar-refractivity contribution in [2.24, 2.45) is 0 Å². The fraction of sp³-hybridized carbons (Fsp3) is 0.333. The first-order valence-electron chi connectivity index (χ1n) is 10.4. The molecule has 162 valence electrons. The molecule has 2 heterocycles. The van der Waals surface area contributed by atoms with E-state index in [1.807, 2.05) is 48.2 Å². The van der Waals surface area contributed by atoms with Gasteiger partial charge in [-0.25, -0.2) is 0 Å². The van der Waals surface area contributed by atoms with Gasteiger partial charge in [-0.05, 0) is 60.9 Å². The third-order valence-corrected chi connectivity index (χ3v) is 5.88. The van der Waals surface area contributed by atoms with Gasteiger partial charge in [0.2, 0.25) is 5.91 Å². The molecule has 0 radical (unpaired) electrons. The number of carbonyl (C=O) groups excluding carboxylic acids is 1. The molecule has 7 heteroatoms. The molecule has 1 unspecified atom stereocenters. The summed E-state index contributed by atoms with van der Waals surface area (Å²) in [5, 5.41) is 8.18. The molecule has 0 spiro atoms. The third-order valence-electron chi connectivity index (χ3n) is 5.63. The summed E-state index contributed by atoms with van der Waals surface area (Å²) in [6.07, 6.45) is 1.31. The highest BCUT2D eigenvalue weighted by Gasteiger charge is 2.29. The number of benzene rings is 2. The van der Waals surface area contributed by atoms with Crippen molar-refractivity contribution >= 4 is 17.5 Å². The Bertz CT molecular complexity index is 1050. The number of amides is 1. The van der Waals surface area contributed by atoms with Crippen LogP contribution < -0.4 is 9.47 Å². The Hall–Kier alpha value is -2.99. The van der Waals surface area contributed by atoms with Gasteiger partial charge < -0.3 is 14.4 Å². The SMILES string of the molecule is COc1ccc(CC(=O)N2CCC(c3cc(COc4ccc(Cl)cc4)[nH]n3)C2)cc1C. The second kappa shape index (κ2) is 9.43. The molecule has 1 fully saturated rings. The van der Waals surface area contributed by atoms with Gasteiger partial charge >= 0.3 is 0 Å². The van der Waals surface area contributed by atoms with Crippen molar-refractivity contribution in [1.82, 2.24) is 15.1 Å². The van der Waals surface area contributed by atoms with Crippen molar-refractivity contribution in [3.63, 3.8) is 0 Å². The van der Waals surface area contributed by atoms with Crippen LogP contribution in [0.5, 0.6) is 11.5 Å². The van der Waals surface area contributed by atoms with Gasteiger partial charge in [-0.1, -0.05) is 23.7 Å². The molecule has 1 N–H and O–H groups in total. The van der Waals surface area contributed by atoms with E-state index in [4.69, 9.17) is 21.1 Å². The normalized spacial score (nSPS) is 15.8. The Morgan fingerprint density at radius 1 is 1.23 bits per heavy atom. The van der Waals surface area contributed by atoms with E-state index in [9.17, 15) is 4.79 Å². The smallest absolute Gasteiger partial charge is 0.227 e. The summed E-state index contributed by atoms with van der Waals surface area (Å²) in [5.41, 5.74) is 3.93. The minimum atomic E-state index is 0.147. The molecule has 0 bridgehead atoms. The first-order chi connectivity index (χ1) is 15.0. The second-order valence-corrected chi connectivity index (χ2v) is 8.30. The maximum Gasteiger partial charge on any atom is 0.227 e. The van der Waals surface area contributed by atoms with E-state index in [1.165, 1.54) is 0 Å². The topological polar surface area (TPSA) is 67.4 Å². The quantitative estimate of drug-likeness (QED) is 0.587. The van der Waals surface area contributed by atoms with E-state index in [1.54, 1.807) is 19.2 Å². The minimum Gasteiger partial charge on any atom is -0.496 e. The van der Waals surface area contributed by atoms with Crippen LogP contribution in [-0.2, 0) is 17.8 Å². The van der Waals surface area contributed by atoms with E-state index < -0.39 is 0 Å². The molecule has 0 aliphatic carbocycles. The van der Waals surface area contributed by atoms with Crippen LogP contribution in [0.15, 0.2) is 48.5 Å². The molecule has 1 aliphatic heterocycles. The molecule has 0 saturated carbocycles. The number of carbonyl (C=O) groups is 1. The predicted molar refractivity (Wildman–Crippen MR) is 120 cm³/mol. The summed E-state index contributed by atoms with van der Waals surface area (Å²) in [6.45, 7) is 3.84. The van der Waals surface area contributed by atoms with Crippen molar-refractivity contribution in [2.45, 2.75) is 32.3 Å². The number of aromatic nitrogens is 2. The van der Waals surface area contributed by atoms with Crippen molar-refractivity contribution in [1.29, 1.82) is 0 Å². The number of hydrogen-bond donors (Lipinski definition) is 1. The van der Waals surface area contributed by atoms with Crippen LogP contribution in [-0.4, -0.2) is 41.2 Å². The Morgan fingerprint density at radius 2 is 2.03 bits per heavy atom. The Labute approximate surface area is 187 Å². The lowest BCUT2D eigenvalue weighted by molar-refractivity contribution is -0.129. The van der Waals surface area contributed by atoms with E-state index in [0.717, 1.165) is 47.0 Å². The van der Waals surface area contributed by atoms with Crippen LogP contribution in [0.1, 0.15) is 34.9 Å². The monoisotopic (exact) mass is 439 g/mol. The molecular weight excluding hydrogens is 414 g/mol. The number of nitrogens with zero attached hydrogens (tertiary/aromatic N) is 2. The van der Waals surface area contributed by atoms with Crippen molar-refractivity contribution in [2.75, 3.05) is 20.2 Å². The van der Waals surface area contributed by atoms with Gasteiger partial charge in [0.1, 0.15) is 18.1 Å². The summed E-state index contributed by atoms with van der Waals surface area (Å²) in [6, 6.07) is 15.2. The van der Waals surface area contributed by atoms with E-state index >= 15 is 0 Å². The molecule has 4 rings (SSSR count). The Morgan fingerprint density at radius 3 is 2.77 bits per heavy atom. The molecule has 1 aliphatic rings. The highest BCUT2D eigenvalue weighted by atomic mass is 35.5. The number of rotatable bonds is 7. The van der Waals surface area contributed by atoms with Crippen molar-refractivity contribution in [3.05, 3.63) is 76.1 Å². The van der Waals surface area contributed by atoms with Gasteiger partial charge in [-0.3, -0.25) is 9.89 Å². The fourth-order valence-electron chi connectivity index (χ4n) is 3.92. The van der Waals surface area contributed by atoms with Crippen LogP contribution in [0, 0.1) is 6.92 Å². The minimum absolute atomic E-state index is 0.147. The van der Waals surface area contributed by atoms with Crippen LogP contribution in [0.2, 0.25) is 5.02 Å². The molecule has 2 aromatic carbocycles. The van der Waals surface area contributed by atoms with Gasteiger partial charge in [0, 0.05) is 24.0 Å². The number of aromatic amines is 1. The van der Waals surface area contributed by atoms with E-state index in [0.29, 0.717) is 24.6 Å². The first-order valence-corrected chi connectivity index (χ1v) is 10.7. The predicted octanol–water partition coefficient (Wildman–Crippen LogP) is 4.52. The molecule has 6 nitrogen and oxygen atoms in total. The number of nitrogens with one attached hydrogen (secondary N) is 1. The van der Waals surface area contributed by atoms with Crippen LogP contribution in [0.4, 0.5) is 0 Å². The molecule has 1 saturated heterocycles. The standard InChI is InChI=1S/C24H26ClN3O3/c1-16-11-17(3-8-23(16)30-2)12-24(29)28-10-9-18(14-28)22-13-20(26-27-22)15-31-21-6-4-19(25)5-7-21/h3-8,11,13,18H,9-10,12,14-15H2,1-2H3,(H,26,27). The maximum absolute atomic E-state index is 12.8. The second-order valence-electron chi connectivity index (χ2n) is 7.87. The zero-order chi connectivity index (χ0) is 21.8. The third kappa shape index (κ3) is 5.20. The fourth-order valence-corrected chi connectivity index (χ4v) is 4.05. The maximum atomic E-state index is 12.8. The number of halogens is 1. The number of aryl methyl sites for hydroxylation is 1. The first kappa shape index (κ1) is 21.2. The van der Waals surface area contributed by atoms with Crippen LogP contribution >= 0.6 is 11.6 Å². The largest absolute Gasteiger partial charge is 0.496 e. The van der Waals surface area contributed by atoms with Gasteiger partial charge in [0.05, 0.1) is 24.9 Å². The van der Waals surface area contributed by atoms with Gasteiger partial charge in [-0.15, -0.1) is 0 Å². The number of H-pyrrole nitrogens is 1. The van der Waals surface area contributed by atoms with Gasteiger partial charge in [0.15, 0.2) is 0 Å². The number of ether oxygens (including phenoxy) is 2. The summed E-state index contributed by atoms with van der Waals surface area (Å²) in [7, 11) is 1.65.